The fourth-order valence-electron chi connectivity index (χ4n) is 0.481. The number of rotatable bonds is 5. The fraction of sp³-hybridized carbons (Fsp3) is 1.00. The first kappa shape index (κ1) is 12.9. The zero-order valence-corrected chi connectivity index (χ0v) is 7.59. The van der Waals surface area contributed by atoms with Crippen molar-refractivity contribution in [3.8, 4) is 0 Å². The highest BCUT2D eigenvalue weighted by molar-refractivity contribution is 4.55. The Balaban J connectivity index is 5.11. The Hall–Kier alpha value is -2.08. The third-order valence-electron chi connectivity index (χ3n) is 1.37. The van der Waals surface area contributed by atoms with Crippen LogP contribution in [-0.2, 0) is 5.21 Å². The molecule has 0 saturated carbocycles. The molecule has 0 aromatic carbocycles. The van der Waals surface area contributed by atoms with Gasteiger partial charge in [0.05, 0.1) is 0 Å². The Labute approximate surface area is 81.6 Å². The van der Waals surface area contributed by atoms with Gasteiger partial charge in [-0.05, 0) is 0 Å². The van der Waals surface area contributed by atoms with Crippen LogP contribution < -0.4 is 0 Å². The van der Waals surface area contributed by atoms with Gasteiger partial charge in [-0.3, -0.25) is 10.1 Å². The maximum atomic E-state index is 11.0. The van der Waals surface area contributed by atoms with Crippen molar-refractivity contribution in [2.24, 2.45) is 0 Å². The monoisotopic (exact) mass is 224 g/mol. The van der Waals surface area contributed by atoms with E-state index in [4.69, 9.17) is 0 Å². The minimum absolute atomic E-state index is 0.694. The molecule has 85 valence electrons. The van der Waals surface area contributed by atoms with Crippen LogP contribution in [0.2, 0.25) is 0 Å². The first-order chi connectivity index (χ1) is 6.62. The average Bonchev–Trinajstić information content (AvgIpc) is 2.01. The fourth-order valence-corrected chi connectivity index (χ4v) is 0.481. The van der Waals surface area contributed by atoms with E-state index in [0.717, 1.165) is 0 Å². The molecule has 0 fully saturated rings. The molecule has 0 aromatic heterocycles. The van der Waals surface area contributed by atoms with E-state index in [1.807, 2.05) is 0 Å². The molecule has 1 radical (unpaired) electrons. The maximum absolute atomic E-state index is 11.0. The van der Waals surface area contributed by atoms with Crippen LogP contribution in [-0.4, -0.2) is 31.0 Å². The minimum Gasteiger partial charge on any atom is -0.262 e. The quantitative estimate of drug-likeness (QED) is 0.335. The van der Waals surface area contributed by atoms with E-state index in [9.17, 15) is 35.6 Å². The first-order valence-electron chi connectivity index (χ1n) is 3.33. The molecule has 0 spiro atoms. The summed E-state index contributed by atoms with van der Waals surface area (Å²) in [7, 11) is 0. The van der Waals surface area contributed by atoms with Crippen molar-refractivity contribution in [2.45, 2.75) is 19.5 Å². The summed E-state index contributed by atoms with van der Waals surface area (Å²) >= 11 is 0. The summed E-state index contributed by atoms with van der Waals surface area (Å²) in [4.78, 5) is 29.3. The Bertz CT molecular complexity index is 287. The summed E-state index contributed by atoms with van der Waals surface area (Å²) < 4.78 is 0. The van der Waals surface area contributed by atoms with Gasteiger partial charge in [0.25, 0.3) is 5.23 Å². The van der Waals surface area contributed by atoms with Gasteiger partial charge in [0.2, 0.25) is 10.1 Å². The van der Waals surface area contributed by atoms with E-state index in [1.165, 1.54) is 0 Å². The Morgan fingerprint density at radius 3 is 1.53 bits per heavy atom. The Morgan fingerprint density at radius 1 is 1.00 bits per heavy atom. The van der Waals surface area contributed by atoms with Crippen molar-refractivity contribution in [3.05, 3.63) is 30.3 Å². The van der Waals surface area contributed by atoms with Crippen LogP contribution in [0.3, 0.4) is 0 Å². The predicted octanol–water partition coefficient (Wildman–Crippen LogP) is -0.753. The van der Waals surface area contributed by atoms with Gasteiger partial charge in [0, 0.05) is 18.8 Å². The zero-order chi connectivity index (χ0) is 12.4. The van der Waals surface area contributed by atoms with Gasteiger partial charge >= 0.3 is 5.66 Å². The molecular formula is C3H6N5O7. The predicted molar refractivity (Wildman–Crippen MR) is 39.4 cm³/mol. The number of hydrogen-bond donors (Lipinski definition) is 0. The van der Waals surface area contributed by atoms with E-state index in [0.29, 0.717) is 13.8 Å². The van der Waals surface area contributed by atoms with Gasteiger partial charge in [-0.1, -0.05) is 5.21 Å². The lowest BCUT2D eigenvalue weighted by Crippen LogP contribution is -2.59. The lowest BCUT2D eigenvalue weighted by Gasteiger charge is -2.19. The molecule has 0 rings (SSSR count). The van der Waals surface area contributed by atoms with Crippen molar-refractivity contribution in [1.82, 2.24) is 10.4 Å². The molecule has 12 heteroatoms. The molecule has 0 atom stereocenters. The van der Waals surface area contributed by atoms with Crippen LogP contribution in [0, 0.1) is 30.3 Å². The summed E-state index contributed by atoms with van der Waals surface area (Å²) in [6, 6.07) is 0. The van der Waals surface area contributed by atoms with E-state index in [2.05, 4.69) is 0 Å². The number of nitro groups is 3. The van der Waals surface area contributed by atoms with Crippen molar-refractivity contribution >= 4 is 0 Å². The molecule has 0 heterocycles. The van der Waals surface area contributed by atoms with E-state index >= 15 is 0 Å². The second-order valence-electron chi connectivity index (χ2n) is 2.77. The highest BCUT2D eigenvalue weighted by Gasteiger charge is 2.54. The molecule has 12 nitrogen and oxygen atoms in total. The van der Waals surface area contributed by atoms with Crippen LogP contribution >= 0.6 is 0 Å². The summed E-state index contributed by atoms with van der Waals surface area (Å²) in [5, 5.41) is 36.1. The largest absolute Gasteiger partial charge is 0.325 e. The lowest BCUT2D eigenvalue weighted by molar-refractivity contribution is -0.978. The minimum atomic E-state index is -2.51. The normalized spacial score (nSPS) is 11.2. The number of hydrogen-bond acceptors (Lipinski definition) is 7. The second kappa shape index (κ2) is 3.97. The number of nitrogens with zero attached hydrogens (tertiary/aromatic N) is 5. The molecule has 0 aliphatic heterocycles. The van der Waals surface area contributed by atoms with E-state index in [1.54, 1.807) is 0 Å². The van der Waals surface area contributed by atoms with Crippen molar-refractivity contribution in [3.63, 3.8) is 0 Å². The average molecular weight is 224 g/mol. The van der Waals surface area contributed by atoms with Crippen LogP contribution in [0.1, 0.15) is 13.8 Å². The van der Waals surface area contributed by atoms with Gasteiger partial charge in [-0.25, -0.2) is 20.2 Å². The Morgan fingerprint density at radius 2 is 1.33 bits per heavy atom. The van der Waals surface area contributed by atoms with E-state index < -0.39 is 31.0 Å². The molecule has 0 amide bonds. The summed E-state index contributed by atoms with van der Waals surface area (Å²) in [5.74, 6) is 0. The van der Waals surface area contributed by atoms with Crippen molar-refractivity contribution in [1.29, 1.82) is 0 Å². The van der Waals surface area contributed by atoms with Gasteiger partial charge in [-0.2, -0.15) is 0 Å². The summed E-state index contributed by atoms with van der Waals surface area (Å²) in [6.45, 7) is 1.39. The first-order valence-corrected chi connectivity index (χ1v) is 3.33. The summed E-state index contributed by atoms with van der Waals surface area (Å²) in [5.41, 5.74) is -2.51. The molecular weight excluding hydrogens is 218 g/mol. The zero-order valence-electron chi connectivity index (χ0n) is 7.59. The topological polar surface area (TPSA) is 156 Å². The molecule has 0 aliphatic rings. The molecule has 0 aromatic rings. The molecule has 0 aliphatic carbocycles. The van der Waals surface area contributed by atoms with Gasteiger partial charge in [-0.15, -0.1) is 0 Å². The number of hydrazine groups is 3. The maximum Gasteiger partial charge on any atom is 0.325 e. The van der Waals surface area contributed by atoms with Crippen LogP contribution in [0.25, 0.3) is 0 Å². The molecule has 0 saturated heterocycles. The van der Waals surface area contributed by atoms with Crippen molar-refractivity contribution < 1.29 is 20.2 Å². The van der Waals surface area contributed by atoms with Crippen LogP contribution in [0.5, 0.6) is 0 Å². The highest BCUT2D eigenvalue weighted by atomic mass is 16.8. The van der Waals surface area contributed by atoms with Crippen molar-refractivity contribution in [2.75, 3.05) is 0 Å². The SMILES string of the molecule is CC(C)(N([O])N([N+](=O)[O-])[N+](=O)[O-])[N+](=O)[O-]. The smallest absolute Gasteiger partial charge is 0.262 e. The number of hydroxylamine groups is 1. The molecule has 15 heavy (non-hydrogen) atoms. The van der Waals surface area contributed by atoms with E-state index in [-0.39, 0.29) is 0 Å². The van der Waals surface area contributed by atoms with Crippen LogP contribution in [0.15, 0.2) is 0 Å². The standard InChI is InChI=1S/C3H6N5O7/c1-3(2,5(10)11)4(9)6(7(12)13)8(14)15/h1-2H3. The van der Waals surface area contributed by atoms with Gasteiger partial charge in [0.1, 0.15) is 5.17 Å². The van der Waals surface area contributed by atoms with Gasteiger partial charge < -0.3 is 0 Å². The second-order valence-corrected chi connectivity index (χ2v) is 2.77. The molecule has 0 bridgehead atoms. The lowest BCUT2D eigenvalue weighted by atomic mass is 10.3. The third-order valence-corrected chi connectivity index (χ3v) is 1.37. The third kappa shape index (κ3) is 2.44. The molecule has 0 unspecified atom stereocenters. The summed E-state index contributed by atoms with van der Waals surface area (Å²) in [6.07, 6.45) is 0. The molecule has 0 N–H and O–H groups in total. The van der Waals surface area contributed by atoms with Crippen LogP contribution in [0.4, 0.5) is 0 Å². The Kier molecular flexibility index (Phi) is 3.42. The van der Waals surface area contributed by atoms with Gasteiger partial charge in [0.15, 0.2) is 0 Å². The highest BCUT2D eigenvalue weighted by Crippen LogP contribution is 2.15.